The molecule has 0 aliphatic heterocycles. The maximum absolute atomic E-state index is 12.7. The second-order valence-corrected chi connectivity index (χ2v) is 8.58. The van der Waals surface area contributed by atoms with Gasteiger partial charge in [0.05, 0.1) is 17.7 Å². The third-order valence-corrected chi connectivity index (χ3v) is 4.71. The number of ether oxygens (including phenoxy) is 1. The Morgan fingerprint density at radius 1 is 1.00 bits per heavy atom. The molecule has 2 rings (SSSR count). The van der Waals surface area contributed by atoms with E-state index in [4.69, 9.17) is 4.74 Å². The number of amides is 1. The molecule has 0 fully saturated rings. The highest BCUT2D eigenvalue weighted by atomic mass is 19.4. The molecule has 2 aromatic carbocycles. The number of alkyl halides is 3. The van der Waals surface area contributed by atoms with Crippen molar-refractivity contribution in [3.05, 3.63) is 59.7 Å². The summed E-state index contributed by atoms with van der Waals surface area (Å²) in [7, 11) is 0. The summed E-state index contributed by atoms with van der Waals surface area (Å²) in [4.78, 5) is 12.2. The SMILES string of the molecule is CCCC(O)[C@@H](Cc1ccc(-c2ccc(C(F)(F)F)cc2)cc1)NC(=O)OC(C)(C)C. The molecule has 31 heavy (non-hydrogen) atoms. The standard InChI is InChI=1S/C24H30F3NO3/c1-5-6-21(29)20(28-22(30)31-23(2,3)4)15-16-7-9-17(10-8-16)18-11-13-19(14-12-18)24(25,26)27/h7-14,20-21,29H,5-6,15H2,1-4H3,(H,28,30)/t20-,21?/m1/s1. The Morgan fingerprint density at radius 3 is 1.97 bits per heavy atom. The largest absolute Gasteiger partial charge is 0.444 e. The lowest BCUT2D eigenvalue weighted by atomic mass is 9.96. The normalized spacial score (nSPS) is 14.1. The number of hydrogen-bond donors (Lipinski definition) is 2. The molecule has 2 atom stereocenters. The lowest BCUT2D eigenvalue weighted by molar-refractivity contribution is -0.137. The zero-order valence-electron chi connectivity index (χ0n) is 18.3. The summed E-state index contributed by atoms with van der Waals surface area (Å²) in [5.41, 5.74) is 1.01. The van der Waals surface area contributed by atoms with E-state index in [2.05, 4.69) is 5.32 Å². The van der Waals surface area contributed by atoms with Crippen LogP contribution in [0.15, 0.2) is 48.5 Å². The van der Waals surface area contributed by atoms with Gasteiger partial charge in [0.2, 0.25) is 0 Å². The molecule has 4 nitrogen and oxygen atoms in total. The molecule has 0 radical (unpaired) electrons. The number of alkyl carbamates (subject to hydrolysis) is 1. The maximum Gasteiger partial charge on any atom is 0.416 e. The van der Waals surface area contributed by atoms with Crippen molar-refractivity contribution in [1.29, 1.82) is 0 Å². The van der Waals surface area contributed by atoms with Gasteiger partial charge in [0.1, 0.15) is 5.60 Å². The fourth-order valence-electron chi connectivity index (χ4n) is 3.18. The second-order valence-electron chi connectivity index (χ2n) is 8.58. The molecule has 0 saturated carbocycles. The van der Waals surface area contributed by atoms with Crippen molar-refractivity contribution in [2.45, 2.75) is 70.9 Å². The molecule has 0 saturated heterocycles. The average molecular weight is 438 g/mol. The number of aliphatic hydroxyl groups is 1. The zero-order valence-corrected chi connectivity index (χ0v) is 18.3. The van der Waals surface area contributed by atoms with Crippen molar-refractivity contribution in [2.24, 2.45) is 0 Å². The van der Waals surface area contributed by atoms with E-state index in [-0.39, 0.29) is 0 Å². The van der Waals surface area contributed by atoms with Gasteiger partial charge in [-0.05, 0) is 62.4 Å². The molecule has 0 bridgehead atoms. The summed E-state index contributed by atoms with van der Waals surface area (Å²) < 4.78 is 43.5. The molecule has 1 amide bonds. The quantitative estimate of drug-likeness (QED) is 0.561. The number of hydrogen-bond acceptors (Lipinski definition) is 3. The van der Waals surface area contributed by atoms with Gasteiger partial charge in [0.25, 0.3) is 0 Å². The summed E-state index contributed by atoms with van der Waals surface area (Å²) >= 11 is 0. The van der Waals surface area contributed by atoms with Crippen molar-refractivity contribution in [3.63, 3.8) is 0 Å². The molecule has 0 aliphatic rings. The molecule has 0 aromatic heterocycles. The van der Waals surface area contributed by atoms with Gasteiger partial charge >= 0.3 is 12.3 Å². The van der Waals surface area contributed by atoms with Gasteiger partial charge in [-0.1, -0.05) is 49.7 Å². The van der Waals surface area contributed by atoms with Gasteiger partial charge in [0, 0.05) is 0 Å². The Hall–Kier alpha value is -2.54. The smallest absolute Gasteiger partial charge is 0.416 e. The molecule has 0 heterocycles. The first-order valence-electron chi connectivity index (χ1n) is 10.3. The number of benzene rings is 2. The van der Waals surface area contributed by atoms with E-state index in [0.29, 0.717) is 18.4 Å². The molecular weight excluding hydrogens is 407 g/mol. The highest BCUT2D eigenvalue weighted by molar-refractivity contribution is 5.68. The number of rotatable bonds is 7. The van der Waals surface area contributed by atoms with E-state index in [9.17, 15) is 23.1 Å². The number of nitrogens with one attached hydrogen (secondary N) is 1. The van der Waals surface area contributed by atoms with Crippen LogP contribution < -0.4 is 5.32 Å². The van der Waals surface area contributed by atoms with Crippen LogP contribution in [-0.4, -0.2) is 28.9 Å². The minimum Gasteiger partial charge on any atom is -0.444 e. The predicted molar refractivity (Wildman–Crippen MR) is 115 cm³/mol. The molecular formula is C24H30F3NO3. The predicted octanol–water partition coefficient (Wildman–Crippen LogP) is 5.97. The van der Waals surface area contributed by atoms with Gasteiger partial charge in [-0.2, -0.15) is 13.2 Å². The summed E-state index contributed by atoms with van der Waals surface area (Å²) in [5, 5.41) is 13.2. The van der Waals surface area contributed by atoms with Gasteiger partial charge in [0.15, 0.2) is 0 Å². The minimum atomic E-state index is -4.36. The maximum atomic E-state index is 12.7. The summed E-state index contributed by atoms with van der Waals surface area (Å²) in [6, 6.07) is 11.8. The Bertz CT molecular complexity index is 840. The van der Waals surface area contributed by atoms with Crippen LogP contribution in [0.4, 0.5) is 18.0 Å². The van der Waals surface area contributed by atoms with Crippen LogP contribution in [0.5, 0.6) is 0 Å². The van der Waals surface area contributed by atoms with Gasteiger partial charge in [-0.25, -0.2) is 4.79 Å². The van der Waals surface area contributed by atoms with Crippen molar-refractivity contribution in [3.8, 4) is 11.1 Å². The molecule has 0 aliphatic carbocycles. The van der Waals surface area contributed by atoms with E-state index in [1.54, 1.807) is 20.8 Å². The van der Waals surface area contributed by atoms with Crippen molar-refractivity contribution in [1.82, 2.24) is 5.32 Å². The fraction of sp³-hybridized carbons (Fsp3) is 0.458. The molecule has 2 N–H and O–H groups in total. The topological polar surface area (TPSA) is 58.6 Å². The number of halogens is 3. The van der Waals surface area contributed by atoms with E-state index < -0.39 is 35.6 Å². The van der Waals surface area contributed by atoms with E-state index in [0.717, 1.165) is 29.7 Å². The Morgan fingerprint density at radius 2 is 1.52 bits per heavy atom. The molecule has 7 heteroatoms. The first-order chi connectivity index (χ1) is 14.4. The minimum absolute atomic E-state index is 0.397. The van der Waals surface area contributed by atoms with Crippen molar-refractivity contribution >= 4 is 6.09 Å². The first kappa shape index (κ1) is 24.7. The van der Waals surface area contributed by atoms with Crippen LogP contribution in [-0.2, 0) is 17.3 Å². The van der Waals surface area contributed by atoms with Gasteiger partial charge in [-0.3, -0.25) is 0 Å². The van der Waals surface area contributed by atoms with Crippen molar-refractivity contribution in [2.75, 3.05) is 0 Å². The first-order valence-corrected chi connectivity index (χ1v) is 10.3. The van der Waals surface area contributed by atoms with Crippen LogP contribution in [0.25, 0.3) is 11.1 Å². The van der Waals surface area contributed by atoms with Crippen LogP contribution in [0.2, 0.25) is 0 Å². The number of carbonyl (C=O) groups excluding carboxylic acids is 1. The summed E-state index contributed by atoms with van der Waals surface area (Å²) in [6.45, 7) is 7.25. The van der Waals surface area contributed by atoms with Crippen molar-refractivity contribution < 1.29 is 27.8 Å². The molecule has 2 aromatic rings. The zero-order chi connectivity index (χ0) is 23.2. The average Bonchev–Trinajstić information content (AvgIpc) is 2.66. The van der Waals surface area contributed by atoms with Crippen LogP contribution in [0, 0.1) is 0 Å². The fourth-order valence-corrected chi connectivity index (χ4v) is 3.18. The summed E-state index contributed by atoms with van der Waals surface area (Å²) in [5.74, 6) is 0. The van der Waals surface area contributed by atoms with Crippen LogP contribution in [0.1, 0.15) is 51.7 Å². The monoisotopic (exact) mass is 437 g/mol. The third-order valence-electron chi connectivity index (χ3n) is 4.71. The molecule has 170 valence electrons. The highest BCUT2D eigenvalue weighted by Gasteiger charge is 2.30. The van der Waals surface area contributed by atoms with Gasteiger partial charge in [-0.15, -0.1) is 0 Å². The third kappa shape index (κ3) is 7.90. The van der Waals surface area contributed by atoms with Crippen LogP contribution in [0.3, 0.4) is 0 Å². The number of carbonyl (C=O) groups is 1. The lowest BCUT2D eigenvalue weighted by Crippen LogP contribution is -2.46. The Kier molecular flexibility index (Phi) is 8.12. The lowest BCUT2D eigenvalue weighted by Gasteiger charge is -2.26. The second kappa shape index (κ2) is 10.2. The molecule has 1 unspecified atom stereocenters. The van der Waals surface area contributed by atoms with E-state index in [1.165, 1.54) is 12.1 Å². The Balaban J connectivity index is 2.12. The highest BCUT2D eigenvalue weighted by Crippen LogP contribution is 2.31. The summed E-state index contributed by atoms with van der Waals surface area (Å²) in [6.07, 6.45) is -3.99. The van der Waals surface area contributed by atoms with Crippen LogP contribution >= 0.6 is 0 Å². The van der Waals surface area contributed by atoms with E-state index in [1.807, 2.05) is 31.2 Å². The van der Waals surface area contributed by atoms with Gasteiger partial charge < -0.3 is 15.2 Å². The number of aliphatic hydroxyl groups excluding tert-OH is 1. The Labute approximate surface area is 181 Å². The molecule has 0 spiro atoms. The van der Waals surface area contributed by atoms with E-state index >= 15 is 0 Å².